The third-order valence-corrected chi connectivity index (χ3v) is 6.22. The Morgan fingerprint density at radius 3 is 2.94 bits per heavy atom. The van der Waals surface area contributed by atoms with Crippen LogP contribution < -0.4 is 9.64 Å². The molecule has 0 amide bonds. The number of carbonyl (C=O) groups is 1. The van der Waals surface area contributed by atoms with Crippen molar-refractivity contribution in [1.82, 2.24) is 14.6 Å². The van der Waals surface area contributed by atoms with Crippen LogP contribution in [0.1, 0.15) is 55.6 Å². The Morgan fingerprint density at radius 2 is 2.17 bits per heavy atom. The van der Waals surface area contributed by atoms with E-state index in [9.17, 15) is 9.18 Å². The number of hydrogen-bond donors (Lipinski definition) is 0. The van der Waals surface area contributed by atoms with Gasteiger partial charge in [-0.05, 0) is 57.9 Å². The fraction of sp³-hybridized carbons (Fsp3) is 0.480. The molecule has 1 aromatic carbocycles. The quantitative estimate of drug-likeness (QED) is 0.467. The first-order chi connectivity index (χ1) is 16.8. The van der Waals surface area contributed by atoms with Crippen molar-refractivity contribution in [2.75, 3.05) is 31.3 Å². The molecule has 1 unspecified atom stereocenters. The van der Waals surface area contributed by atoms with Crippen LogP contribution in [-0.4, -0.2) is 58.8 Å². The molecule has 5 rings (SSSR count). The van der Waals surface area contributed by atoms with Gasteiger partial charge in [-0.3, -0.25) is 0 Å². The van der Waals surface area contributed by atoms with Gasteiger partial charge in [0.25, 0.3) is 0 Å². The van der Waals surface area contributed by atoms with Crippen molar-refractivity contribution in [1.29, 1.82) is 0 Å². The van der Waals surface area contributed by atoms with Crippen molar-refractivity contribution in [3.63, 3.8) is 0 Å². The van der Waals surface area contributed by atoms with Gasteiger partial charge in [0.2, 0.25) is 0 Å². The number of ether oxygens (including phenoxy) is 4. The molecule has 3 aromatic rings. The third-order valence-electron chi connectivity index (χ3n) is 6.22. The highest BCUT2D eigenvalue weighted by Gasteiger charge is 2.34. The Bertz CT molecular complexity index is 1230. The highest BCUT2D eigenvalue weighted by Crippen LogP contribution is 2.40. The monoisotopic (exact) mass is 484 g/mol. The number of fused-ring (bicyclic) bond motifs is 1. The van der Waals surface area contributed by atoms with Crippen molar-refractivity contribution < 1.29 is 28.1 Å². The van der Waals surface area contributed by atoms with Crippen molar-refractivity contribution >= 4 is 17.4 Å². The summed E-state index contributed by atoms with van der Waals surface area (Å²) in [5.74, 6) is -0.149. The molecule has 0 bridgehead atoms. The Morgan fingerprint density at radius 1 is 1.31 bits per heavy atom. The number of halogens is 1. The van der Waals surface area contributed by atoms with Gasteiger partial charge in [-0.2, -0.15) is 5.10 Å². The van der Waals surface area contributed by atoms with Gasteiger partial charge in [-0.15, -0.1) is 0 Å². The molecule has 0 saturated carbocycles. The van der Waals surface area contributed by atoms with Gasteiger partial charge in [0.1, 0.15) is 35.7 Å². The average molecular weight is 485 g/mol. The molecule has 2 fully saturated rings. The molecule has 0 radical (unpaired) electrons. The van der Waals surface area contributed by atoms with E-state index in [-0.39, 0.29) is 24.6 Å². The fourth-order valence-corrected chi connectivity index (χ4v) is 4.68. The number of aromatic nitrogens is 3. The maximum absolute atomic E-state index is 14.4. The van der Waals surface area contributed by atoms with Crippen LogP contribution in [0.4, 0.5) is 10.2 Å². The van der Waals surface area contributed by atoms with Gasteiger partial charge in [0.15, 0.2) is 11.4 Å². The zero-order chi connectivity index (χ0) is 24.6. The minimum atomic E-state index is -0.637. The Balaban J connectivity index is 1.42. The van der Waals surface area contributed by atoms with E-state index in [1.165, 1.54) is 18.3 Å². The van der Waals surface area contributed by atoms with Crippen LogP contribution in [0.2, 0.25) is 0 Å². The second kappa shape index (κ2) is 9.43. The van der Waals surface area contributed by atoms with Crippen molar-refractivity contribution in [2.45, 2.75) is 51.5 Å². The minimum absolute atomic E-state index is 0.137. The summed E-state index contributed by atoms with van der Waals surface area (Å²) >= 11 is 0. The van der Waals surface area contributed by atoms with Crippen LogP contribution in [0.15, 0.2) is 36.7 Å². The SMILES string of the molecule is CCOC(=O)c1cnn2ccc(N3CCC[C@@H]3c3cc(F)ccc3OCC3COC(C)(C)O3)nc12. The highest BCUT2D eigenvalue weighted by atomic mass is 19.1. The van der Waals surface area contributed by atoms with Crippen LogP contribution in [0.5, 0.6) is 5.75 Å². The summed E-state index contributed by atoms with van der Waals surface area (Å²) in [6, 6.07) is 6.29. The van der Waals surface area contributed by atoms with Gasteiger partial charge >= 0.3 is 5.97 Å². The minimum Gasteiger partial charge on any atom is -0.490 e. The predicted molar refractivity (Wildman–Crippen MR) is 125 cm³/mol. The molecule has 186 valence electrons. The number of hydrogen-bond acceptors (Lipinski definition) is 8. The van der Waals surface area contributed by atoms with Gasteiger partial charge < -0.3 is 23.8 Å². The Kier molecular flexibility index (Phi) is 6.33. The molecule has 2 aliphatic heterocycles. The lowest BCUT2D eigenvalue weighted by Gasteiger charge is -2.28. The zero-order valence-electron chi connectivity index (χ0n) is 20.1. The van der Waals surface area contributed by atoms with Crippen molar-refractivity contribution in [3.8, 4) is 5.75 Å². The standard InChI is InChI=1S/C25H29FN4O5/c1-4-32-24(31)19-13-27-30-11-9-22(28-23(19)30)29-10-5-6-20(29)18-12-16(26)7-8-21(18)33-14-17-15-34-25(2,3)35-17/h7-9,11-13,17,20H,4-6,10,14-15H2,1-3H3/t17?,20-/m1/s1. The molecule has 0 N–H and O–H groups in total. The second-order valence-electron chi connectivity index (χ2n) is 9.13. The predicted octanol–water partition coefficient (Wildman–Crippen LogP) is 3.92. The van der Waals surface area contributed by atoms with E-state index in [4.69, 9.17) is 23.9 Å². The topological polar surface area (TPSA) is 87.4 Å². The summed E-state index contributed by atoms with van der Waals surface area (Å²) in [4.78, 5) is 19.2. The summed E-state index contributed by atoms with van der Waals surface area (Å²) in [6.07, 6.45) is 4.74. The van der Waals surface area contributed by atoms with E-state index in [1.54, 1.807) is 23.7 Å². The van der Waals surface area contributed by atoms with E-state index < -0.39 is 11.8 Å². The third kappa shape index (κ3) is 4.81. The molecule has 0 aliphatic carbocycles. The van der Waals surface area contributed by atoms with Crippen LogP contribution in [-0.2, 0) is 14.2 Å². The number of anilines is 1. The number of carbonyl (C=O) groups excluding carboxylic acids is 1. The highest BCUT2D eigenvalue weighted by molar-refractivity contribution is 5.95. The summed E-state index contributed by atoms with van der Waals surface area (Å²) in [6.45, 7) is 7.23. The van der Waals surface area contributed by atoms with E-state index in [0.717, 1.165) is 24.9 Å². The van der Waals surface area contributed by atoms with E-state index in [2.05, 4.69) is 10.00 Å². The molecule has 2 saturated heterocycles. The first-order valence-electron chi connectivity index (χ1n) is 11.9. The van der Waals surface area contributed by atoms with Crippen LogP contribution >= 0.6 is 0 Å². The lowest BCUT2D eigenvalue weighted by atomic mass is 10.0. The average Bonchev–Trinajstić information content (AvgIpc) is 3.55. The molecule has 4 heterocycles. The first-order valence-corrected chi connectivity index (χ1v) is 11.9. The maximum atomic E-state index is 14.4. The normalized spacial score (nSPS) is 21.5. The Labute approximate surface area is 202 Å². The molecule has 9 nitrogen and oxygen atoms in total. The maximum Gasteiger partial charge on any atom is 0.343 e. The van der Waals surface area contributed by atoms with Gasteiger partial charge in [-0.1, -0.05) is 0 Å². The lowest BCUT2D eigenvalue weighted by molar-refractivity contribution is -0.141. The molecular formula is C25H29FN4O5. The Hall–Kier alpha value is -3.24. The van der Waals surface area contributed by atoms with Crippen LogP contribution in [0.3, 0.4) is 0 Å². The molecule has 35 heavy (non-hydrogen) atoms. The summed E-state index contributed by atoms with van der Waals surface area (Å²) < 4.78 is 38.6. The van der Waals surface area contributed by atoms with Gasteiger partial charge in [0, 0.05) is 18.3 Å². The lowest BCUT2D eigenvalue weighted by Crippen LogP contribution is -2.26. The van der Waals surface area contributed by atoms with Crippen LogP contribution in [0, 0.1) is 5.82 Å². The fourth-order valence-electron chi connectivity index (χ4n) is 4.68. The second-order valence-corrected chi connectivity index (χ2v) is 9.13. The van der Waals surface area contributed by atoms with Crippen LogP contribution in [0.25, 0.3) is 5.65 Å². The number of benzene rings is 1. The summed E-state index contributed by atoms with van der Waals surface area (Å²) in [5.41, 5.74) is 1.48. The van der Waals surface area contributed by atoms with E-state index in [1.807, 2.05) is 19.9 Å². The van der Waals surface area contributed by atoms with Crippen molar-refractivity contribution in [3.05, 3.63) is 53.6 Å². The first kappa shape index (κ1) is 23.5. The summed E-state index contributed by atoms with van der Waals surface area (Å²) in [7, 11) is 0. The number of esters is 1. The van der Waals surface area contributed by atoms with Gasteiger partial charge in [0.05, 0.1) is 25.5 Å². The molecule has 10 heteroatoms. The smallest absolute Gasteiger partial charge is 0.343 e. The molecular weight excluding hydrogens is 455 g/mol. The molecule has 2 aliphatic rings. The van der Waals surface area contributed by atoms with E-state index >= 15 is 0 Å². The van der Waals surface area contributed by atoms with E-state index in [0.29, 0.717) is 36.0 Å². The molecule has 2 aromatic heterocycles. The number of rotatable bonds is 7. The number of nitrogens with zero attached hydrogens (tertiary/aromatic N) is 4. The molecule has 2 atom stereocenters. The summed E-state index contributed by atoms with van der Waals surface area (Å²) in [5, 5.41) is 4.21. The largest absolute Gasteiger partial charge is 0.490 e. The zero-order valence-corrected chi connectivity index (χ0v) is 20.1. The van der Waals surface area contributed by atoms with Crippen molar-refractivity contribution in [2.24, 2.45) is 0 Å². The molecule has 0 spiro atoms. The van der Waals surface area contributed by atoms with Gasteiger partial charge in [-0.25, -0.2) is 18.7 Å².